The van der Waals surface area contributed by atoms with E-state index in [1.54, 1.807) is 0 Å². The van der Waals surface area contributed by atoms with Crippen LogP contribution in [0.1, 0.15) is 35.9 Å². The van der Waals surface area contributed by atoms with Crippen LogP contribution in [0.4, 0.5) is 0 Å². The van der Waals surface area contributed by atoms with E-state index >= 15 is 0 Å². The van der Waals surface area contributed by atoms with Crippen LogP contribution < -0.4 is 0 Å². The molecule has 3 heterocycles. The minimum Gasteiger partial charge on any atom is -0.347 e. The largest absolute Gasteiger partial charge is 0.347 e. The molecule has 3 rings (SSSR count). The Labute approximate surface area is 143 Å². The van der Waals surface area contributed by atoms with Crippen molar-refractivity contribution in [3.05, 3.63) is 41.7 Å². The first-order chi connectivity index (χ1) is 11.5. The highest BCUT2D eigenvalue weighted by molar-refractivity contribution is 5.92. The van der Waals surface area contributed by atoms with Crippen LogP contribution in [-0.4, -0.2) is 56.0 Å². The maximum absolute atomic E-state index is 12.7. The monoisotopic (exact) mass is 329 g/mol. The van der Waals surface area contributed by atoms with E-state index < -0.39 is 0 Å². The summed E-state index contributed by atoms with van der Waals surface area (Å²) in [6.07, 6.45) is 4.71. The lowest BCUT2D eigenvalue weighted by Gasteiger charge is -2.22. The molecule has 6 heteroatoms. The average Bonchev–Trinajstić information content (AvgIpc) is 3.07. The summed E-state index contributed by atoms with van der Waals surface area (Å²) in [6, 6.07) is 4.29. The zero-order valence-corrected chi connectivity index (χ0v) is 15.1. The Morgan fingerprint density at radius 3 is 2.79 bits per heavy atom. The Balaban J connectivity index is 1.72. The number of aryl methyl sites for hydroxylation is 1. The van der Waals surface area contributed by atoms with E-state index in [0.29, 0.717) is 6.04 Å². The molecule has 0 bridgehead atoms. The fraction of sp³-hybridized carbons (Fsp3) is 0.556. The molecule has 0 fully saturated rings. The smallest absolute Gasteiger partial charge is 0.270 e. The van der Waals surface area contributed by atoms with Crippen LogP contribution in [0.25, 0.3) is 0 Å². The highest BCUT2D eigenvalue weighted by atomic mass is 16.2. The van der Waals surface area contributed by atoms with Gasteiger partial charge in [-0.05, 0) is 33.0 Å². The molecule has 130 valence electrons. The van der Waals surface area contributed by atoms with Crippen molar-refractivity contribution >= 4 is 5.91 Å². The van der Waals surface area contributed by atoms with Crippen molar-refractivity contribution in [3.63, 3.8) is 0 Å². The standard InChI is InChI=1S/C18H27N5O/c1-14(2)21(4)13-15-12-19-17-7-9-22(10-11-23(15)17)18(24)16-6-5-8-20(16)3/h5-6,8,12,14H,7,9-11,13H2,1-4H3. The molecule has 2 aromatic heterocycles. The van der Waals surface area contributed by atoms with Gasteiger partial charge in [0.25, 0.3) is 5.91 Å². The Kier molecular flexibility index (Phi) is 4.76. The van der Waals surface area contributed by atoms with Gasteiger partial charge in [-0.25, -0.2) is 4.98 Å². The van der Waals surface area contributed by atoms with Crippen molar-refractivity contribution < 1.29 is 4.79 Å². The van der Waals surface area contributed by atoms with Crippen molar-refractivity contribution in [2.75, 3.05) is 20.1 Å². The second-order valence-corrected chi connectivity index (χ2v) is 6.87. The molecule has 0 N–H and O–H groups in total. The first kappa shape index (κ1) is 16.8. The lowest BCUT2D eigenvalue weighted by molar-refractivity contribution is 0.0749. The van der Waals surface area contributed by atoms with Crippen LogP contribution in [0, 0.1) is 0 Å². The number of nitrogens with zero attached hydrogens (tertiary/aromatic N) is 5. The van der Waals surface area contributed by atoms with E-state index in [9.17, 15) is 4.79 Å². The van der Waals surface area contributed by atoms with Gasteiger partial charge in [0.15, 0.2) is 0 Å². The number of amides is 1. The second-order valence-electron chi connectivity index (χ2n) is 6.87. The molecule has 0 unspecified atom stereocenters. The number of fused-ring (bicyclic) bond motifs is 1. The third-order valence-corrected chi connectivity index (χ3v) is 4.96. The highest BCUT2D eigenvalue weighted by Crippen LogP contribution is 2.16. The number of rotatable bonds is 4. The molecular weight excluding hydrogens is 302 g/mol. The molecule has 0 aromatic carbocycles. The number of hydrogen-bond acceptors (Lipinski definition) is 3. The summed E-state index contributed by atoms with van der Waals surface area (Å²) >= 11 is 0. The topological polar surface area (TPSA) is 46.3 Å². The average molecular weight is 329 g/mol. The fourth-order valence-electron chi connectivity index (χ4n) is 3.11. The molecule has 0 atom stereocenters. The Morgan fingerprint density at radius 2 is 2.12 bits per heavy atom. The normalized spacial score (nSPS) is 15.0. The van der Waals surface area contributed by atoms with E-state index in [4.69, 9.17) is 0 Å². The Bertz CT molecular complexity index is 715. The Hall–Kier alpha value is -2.08. The Morgan fingerprint density at radius 1 is 1.33 bits per heavy atom. The van der Waals surface area contributed by atoms with Crippen LogP contribution in [-0.2, 0) is 26.6 Å². The highest BCUT2D eigenvalue weighted by Gasteiger charge is 2.23. The van der Waals surface area contributed by atoms with Gasteiger partial charge in [-0.1, -0.05) is 0 Å². The molecule has 0 spiro atoms. The number of carbonyl (C=O) groups excluding carboxylic acids is 1. The van der Waals surface area contributed by atoms with Gasteiger partial charge in [-0.15, -0.1) is 0 Å². The number of carbonyl (C=O) groups is 1. The molecule has 0 saturated heterocycles. The first-order valence-corrected chi connectivity index (χ1v) is 8.61. The van der Waals surface area contributed by atoms with Crippen LogP contribution >= 0.6 is 0 Å². The number of aromatic nitrogens is 3. The van der Waals surface area contributed by atoms with Gasteiger partial charge < -0.3 is 14.0 Å². The summed E-state index contributed by atoms with van der Waals surface area (Å²) in [5.74, 6) is 1.19. The summed E-state index contributed by atoms with van der Waals surface area (Å²) in [7, 11) is 4.04. The van der Waals surface area contributed by atoms with Crippen LogP contribution in [0.2, 0.25) is 0 Å². The zero-order valence-electron chi connectivity index (χ0n) is 15.1. The summed E-state index contributed by atoms with van der Waals surface area (Å²) in [4.78, 5) is 21.6. The van der Waals surface area contributed by atoms with Gasteiger partial charge >= 0.3 is 0 Å². The molecule has 1 amide bonds. The summed E-state index contributed by atoms with van der Waals surface area (Å²) < 4.78 is 4.17. The fourth-order valence-corrected chi connectivity index (χ4v) is 3.11. The molecule has 24 heavy (non-hydrogen) atoms. The van der Waals surface area contributed by atoms with Gasteiger partial charge in [0.1, 0.15) is 11.5 Å². The molecule has 1 aliphatic heterocycles. The predicted molar refractivity (Wildman–Crippen MR) is 93.9 cm³/mol. The molecular formula is C18H27N5O. The van der Waals surface area contributed by atoms with Crippen molar-refractivity contribution in [2.45, 2.75) is 39.4 Å². The lowest BCUT2D eigenvalue weighted by atomic mass is 10.3. The van der Waals surface area contributed by atoms with Gasteiger partial charge in [0, 0.05) is 58.1 Å². The van der Waals surface area contributed by atoms with Crippen LogP contribution in [0.15, 0.2) is 24.5 Å². The van der Waals surface area contributed by atoms with Gasteiger partial charge in [0.2, 0.25) is 0 Å². The maximum atomic E-state index is 12.7. The SMILES string of the molecule is CC(C)N(C)Cc1cnc2n1CCN(C(=O)c1cccn1C)CC2. The third kappa shape index (κ3) is 3.24. The van der Waals surface area contributed by atoms with Crippen molar-refractivity contribution in [3.8, 4) is 0 Å². The summed E-state index contributed by atoms with van der Waals surface area (Å²) in [5.41, 5.74) is 1.98. The van der Waals surface area contributed by atoms with E-state index in [1.165, 1.54) is 5.69 Å². The minimum atomic E-state index is 0.106. The van der Waals surface area contributed by atoms with Crippen LogP contribution in [0.3, 0.4) is 0 Å². The maximum Gasteiger partial charge on any atom is 0.270 e. The first-order valence-electron chi connectivity index (χ1n) is 8.61. The molecule has 2 aromatic rings. The third-order valence-electron chi connectivity index (χ3n) is 4.96. The second kappa shape index (κ2) is 6.81. The van der Waals surface area contributed by atoms with Crippen molar-refractivity contribution in [1.29, 1.82) is 0 Å². The predicted octanol–water partition coefficient (Wildman–Crippen LogP) is 1.76. The van der Waals surface area contributed by atoms with E-state index in [0.717, 1.165) is 44.1 Å². The van der Waals surface area contributed by atoms with E-state index in [2.05, 4.69) is 35.3 Å². The van der Waals surface area contributed by atoms with Gasteiger partial charge in [0.05, 0.1) is 5.69 Å². The summed E-state index contributed by atoms with van der Waals surface area (Å²) in [5, 5.41) is 0. The quantitative estimate of drug-likeness (QED) is 0.859. The molecule has 0 saturated carbocycles. The molecule has 0 radical (unpaired) electrons. The molecule has 1 aliphatic rings. The number of hydrogen-bond donors (Lipinski definition) is 0. The van der Waals surface area contributed by atoms with Crippen molar-refractivity contribution in [1.82, 2.24) is 23.9 Å². The van der Waals surface area contributed by atoms with Gasteiger partial charge in [-0.2, -0.15) is 0 Å². The van der Waals surface area contributed by atoms with Gasteiger partial charge in [-0.3, -0.25) is 9.69 Å². The number of imidazole rings is 1. The molecule has 0 aliphatic carbocycles. The van der Waals surface area contributed by atoms with Crippen molar-refractivity contribution in [2.24, 2.45) is 7.05 Å². The van der Waals surface area contributed by atoms with E-state index in [1.807, 2.05) is 41.0 Å². The lowest BCUT2D eigenvalue weighted by Crippen LogP contribution is -2.35. The van der Waals surface area contributed by atoms with E-state index in [-0.39, 0.29) is 5.91 Å². The summed E-state index contributed by atoms with van der Waals surface area (Å²) in [6.45, 7) is 7.54. The minimum absolute atomic E-state index is 0.106. The molecule has 6 nitrogen and oxygen atoms in total. The van der Waals surface area contributed by atoms with Crippen LogP contribution in [0.5, 0.6) is 0 Å². The zero-order chi connectivity index (χ0) is 17.3.